The first-order chi connectivity index (χ1) is 5.24. The lowest BCUT2D eigenvalue weighted by atomic mass is 10.3. The number of terminal acetylenes is 1. The minimum absolute atomic E-state index is 0.415. The highest BCUT2D eigenvalue weighted by molar-refractivity contribution is 5.12. The van der Waals surface area contributed by atoms with Gasteiger partial charge in [-0.25, -0.2) is 0 Å². The van der Waals surface area contributed by atoms with Crippen LogP contribution in [0.5, 0.6) is 0 Å². The molecule has 0 saturated carbocycles. The molecular formula is C8H8N2O. The number of hydrogen-bond acceptors (Lipinski definition) is 3. The highest BCUT2D eigenvalue weighted by atomic mass is 16.3. The zero-order chi connectivity index (χ0) is 8.27. The molecule has 1 atom stereocenters. The molecule has 1 aromatic heterocycles. The lowest BCUT2D eigenvalue weighted by Gasteiger charge is -2.00. The normalized spacial score (nSPS) is 12.1. The average molecular weight is 148 g/mol. The van der Waals surface area contributed by atoms with Gasteiger partial charge in [0.25, 0.3) is 0 Å². The predicted molar refractivity (Wildman–Crippen MR) is 40.6 cm³/mol. The van der Waals surface area contributed by atoms with Gasteiger partial charge < -0.3 is 5.11 Å². The Bertz CT molecular complexity index is 273. The fraction of sp³-hybridized carbons (Fsp3) is 0.250. The Morgan fingerprint density at radius 3 is 2.73 bits per heavy atom. The second kappa shape index (κ2) is 3.13. The van der Waals surface area contributed by atoms with Crippen LogP contribution in [0.4, 0.5) is 0 Å². The van der Waals surface area contributed by atoms with Crippen molar-refractivity contribution in [3.8, 4) is 12.3 Å². The van der Waals surface area contributed by atoms with Crippen LogP contribution in [0.3, 0.4) is 0 Å². The van der Waals surface area contributed by atoms with Gasteiger partial charge in [-0.2, -0.15) is 0 Å². The molecule has 1 rings (SSSR count). The van der Waals surface area contributed by atoms with Crippen LogP contribution < -0.4 is 0 Å². The van der Waals surface area contributed by atoms with Crippen molar-refractivity contribution in [1.82, 2.24) is 9.97 Å². The van der Waals surface area contributed by atoms with Crippen molar-refractivity contribution in [1.29, 1.82) is 0 Å². The Morgan fingerprint density at radius 2 is 2.27 bits per heavy atom. The van der Waals surface area contributed by atoms with Crippen molar-refractivity contribution in [2.45, 2.75) is 13.0 Å². The van der Waals surface area contributed by atoms with Crippen LogP contribution in [-0.4, -0.2) is 15.1 Å². The van der Waals surface area contributed by atoms with Crippen molar-refractivity contribution < 1.29 is 5.11 Å². The molecule has 3 nitrogen and oxygen atoms in total. The fourth-order valence-electron chi connectivity index (χ4n) is 0.629. The van der Waals surface area contributed by atoms with Gasteiger partial charge in [0, 0.05) is 6.20 Å². The SMILES string of the molecule is C#CC(O)c1cnc(C)cn1. The molecule has 11 heavy (non-hydrogen) atoms. The van der Waals surface area contributed by atoms with Crippen LogP contribution in [0.15, 0.2) is 12.4 Å². The molecule has 0 aliphatic carbocycles. The Kier molecular flexibility index (Phi) is 2.19. The lowest BCUT2D eigenvalue weighted by molar-refractivity contribution is 0.233. The van der Waals surface area contributed by atoms with Gasteiger partial charge in [-0.05, 0) is 6.92 Å². The molecule has 3 heteroatoms. The maximum Gasteiger partial charge on any atom is 0.158 e. The van der Waals surface area contributed by atoms with Crippen LogP contribution >= 0.6 is 0 Å². The van der Waals surface area contributed by atoms with E-state index in [0.29, 0.717) is 5.69 Å². The van der Waals surface area contributed by atoms with Gasteiger partial charge in [0.05, 0.1) is 17.6 Å². The van der Waals surface area contributed by atoms with E-state index in [1.165, 1.54) is 6.20 Å². The molecule has 1 N–H and O–H groups in total. The highest BCUT2D eigenvalue weighted by Gasteiger charge is 2.03. The van der Waals surface area contributed by atoms with Gasteiger partial charge in [-0.15, -0.1) is 6.42 Å². The lowest BCUT2D eigenvalue weighted by Crippen LogP contribution is -1.98. The molecule has 1 aromatic rings. The van der Waals surface area contributed by atoms with E-state index in [0.717, 1.165) is 5.69 Å². The molecule has 0 aliphatic rings. The summed E-state index contributed by atoms with van der Waals surface area (Å²) < 4.78 is 0. The van der Waals surface area contributed by atoms with Gasteiger partial charge >= 0.3 is 0 Å². The van der Waals surface area contributed by atoms with Crippen molar-refractivity contribution in [3.05, 3.63) is 23.8 Å². The standard InChI is InChI=1S/C8H8N2O/c1-3-8(11)7-5-9-6(2)4-10-7/h1,4-5,8,11H,2H3. The number of rotatable bonds is 1. The highest BCUT2D eigenvalue weighted by Crippen LogP contribution is 2.05. The smallest absolute Gasteiger partial charge is 0.158 e. The monoisotopic (exact) mass is 148 g/mol. The summed E-state index contributed by atoms with van der Waals surface area (Å²) in [6.07, 6.45) is 7.07. The second-order valence-electron chi connectivity index (χ2n) is 2.15. The maximum absolute atomic E-state index is 9.08. The van der Waals surface area contributed by atoms with E-state index in [1.54, 1.807) is 6.20 Å². The number of nitrogens with zero attached hydrogens (tertiary/aromatic N) is 2. The zero-order valence-corrected chi connectivity index (χ0v) is 6.15. The Hall–Kier alpha value is -1.40. The van der Waals surface area contributed by atoms with Crippen LogP contribution in [0, 0.1) is 19.3 Å². The van der Waals surface area contributed by atoms with Crippen LogP contribution in [0.1, 0.15) is 17.5 Å². The minimum atomic E-state index is -0.942. The van der Waals surface area contributed by atoms with Gasteiger partial charge in [0.2, 0.25) is 0 Å². The summed E-state index contributed by atoms with van der Waals surface area (Å²) in [5, 5.41) is 9.08. The second-order valence-corrected chi connectivity index (χ2v) is 2.15. The van der Waals surface area contributed by atoms with E-state index < -0.39 is 6.10 Å². The summed E-state index contributed by atoms with van der Waals surface area (Å²) in [6, 6.07) is 0. The quantitative estimate of drug-likeness (QED) is 0.588. The topological polar surface area (TPSA) is 46.0 Å². The van der Waals surface area contributed by atoms with Gasteiger partial charge in [0.15, 0.2) is 6.10 Å². The number of aryl methyl sites for hydroxylation is 1. The molecule has 0 bridgehead atoms. The summed E-state index contributed by atoms with van der Waals surface area (Å²) in [4.78, 5) is 7.82. The van der Waals surface area contributed by atoms with E-state index in [1.807, 2.05) is 6.92 Å². The number of hydrogen-bond donors (Lipinski definition) is 1. The van der Waals surface area contributed by atoms with Gasteiger partial charge in [-0.1, -0.05) is 5.92 Å². The molecule has 0 radical (unpaired) electrons. The minimum Gasteiger partial charge on any atom is -0.374 e. The van der Waals surface area contributed by atoms with E-state index in [4.69, 9.17) is 11.5 Å². The summed E-state index contributed by atoms with van der Waals surface area (Å²) in [6.45, 7) is 1.82. The van der Waals surface area contributed by atoms with Crippen molar-refractivity contribution in [3.63, 3.8) is 0 Å². The van der Waals surface area contributed by atoms with E-state index in [-0.39, 0.29) is 0 Å². The first-order valence-corrected chi connectivity index (χ1v) is 3.17. The Labute approximate surface area is 65.1 Å². The fourth-order valence-corrected chi connectivity index (χ4v) is 0.629. The molecule has 0 aliphatic heterocycles. The average Bonchev–Trinajstić information content (AvgIpc) is 2.05. The first kappa shape index (κ1) is 7.70. The number of aliphatic hydroxyl groups is 1. The van der Waals surface area contributed by atoms with E-state index >= 15 is 0 Å². The summed E-state index contributed by atoms with van der Waals surface area (Å²) in [5.74, 6) is 2.15. The van der Waals surface area contributed by atoms with Crippen molar-refractivity contribution in [2.24, 2.45) is 0 Å². The van der Waals surface area contributed by atoms with Crippen molar-refractivity contribution >= 4 is 0 Å². The third kappa shape index (κ3) is 1.76. The molecule has 0 fully saturated rings. The first-order valence-electron chi connectivity index (χ1n) is 3.17. The summed E-state index contributed by atoms with van der Waals surface area (Å²) >= 11 is 0. The Morgan fingerprint density at radius 1 is 1.55 bits per heavy atom. The third-order valence-electron chi connectivity index (χ3n) is 1.24. The van der Waals surface area contributed by atoms with E-state index in [2.05, 4.69) is 15.9 Å². The van der Waals surface area contributed by atoms with Crippen LogP contribution in [0.2, 0.25) is 0 Å². The number of aliphatic hydroxyl groups excluding tert-OH is 1. The van der Waals surface area contributed by atoms with Gasteiger partial charge in [-0.3, -0.25) is 9.97 Å². The Balaban J connectivity index is 2.92. The molecule has 1 heterocycles. The molecular weight excluding hydrogens is 140 g/mol. The van der Waals surface area contributed by atoms with Crippen molar-refractivity contribution in [2.75, 3.05) is 0 Å². The van der Waals surface area contributed by atoms with Crippen LogP contribution in [0.25, 0.3) is 0 Å². The zero-order valence-electron chi connectivity index (χ0n) is 6.15. The molecule has 56 valence electrons. The summed E-state index contributed by atoms with van der Waals surface area (Å²) in [5.41, 5.74) is 1.22. The molecule has 0 amide bonds. The maximum atomic E-state index is 9.08. The summed E-state index contributed by atoms with van der Waals surface area (Å²) in [7, 11) is 0. The number of aromatic nitrogens is 2. The molecule has 0 aromatic carbocycles. The van der Waals surface area contributed by atoms with Crippen LogP contribution in [-0.2, 0) is 0 Å². The molecule has 0 spiro atoms. The third-order valence-corrected chi connectivity index (χ3v) is 1.24. The molecule has 0 saturated heterocycles. The molecule has 1 unspecified atom stereocenters. The van der Waals surface area contributed by atoms with E-state index in [9.17, 15) is 0 Å². The largest absolute Gasteiger partial charge is 0.374 e. The predicted octanol–water partition coefficient (Wildman–Crippen LogP) is 0.452. The van der Waals surface area contributed by atoms with Gasteiger partial charge in [0.1, 0.15) is 0 Å².